The smallest absolute Gasteiger partial charge is 0.263 e. The lowest BCUT2D eigenvalue weighted by Gasteiger charge is -2.08. The molecule has 6 nitrogen and oxygen atoms in total. The van der Waals surface area contributed by atoms with Crippen LogP contribution in [0.2, 0.25) is 0 Å². The molecule has 152 valence electrons. The van der Waals surface area contributed by atoms with Gasteiger partial charge in [0.25, 0.3) is 5.56 Å². The lowest BCUT2D eigenvalue weighted by atomic mass is 10.0. The molecule has 0 saturated heterocycles. The quantitative estimate of drug-likeness (QED) is 0.505. The van der Waals surface area contributed by atoms with Crippen LogP contribution in [0.1, 0.15) is 12.5 Å². The van der Waals surface area contributed by atoms with Gasteiger partial charge in [-0.3, -0.25) is 14.2 Å². The lowest BCUT2D eigenvalue weighted by molar-refractivity contribution is -0.116. The van der Waals surface area contributed by atoms with E-state index in [-0.39, 0.29) is 18.0 Å². The van der Waals surface area contributed by atoms with Gasteiger partial charge >= 0.3 is 0 Å². The highest BCUT2D eigenvalue weighted by Gasteiger charge is 2.15. The van der Waals surface area contributed by atoms with Crippen LogP contribution >= 0.6 is 11.3 Å². The highest BCUT2D eigenvalue weighted by Crippen LogP contribution is 2.30. The average Bonchev–Trinajstić information content (AvgIpc) is 3.21. The molecule has 4 aromatic rings. The number of ether oxygens (including phenoxy) is 1. The first-order valence-electron chi connectivity index (χ1n) is 9.59. The predicted octanol–water partition coefficient (Wildman–Crippen LogP) is 4.33. The van der Waals surface area contributed by atoms with Crippen molar-refractivity contribution in [3.05, 3.63) is 76.2 Å². The van der Waals surface area contributed by atoms with Crippen molar-refractivity contribution >= 4 is 33.1 Å². The maximum absolute atomic E-state index is 13.1. The molecule has 7 heteroatoms. The molecule has 30 heavy (non-hydrogen) atoms. The Labute approximate surface area is 177 Å². The molecule has 4 rings (SSSR count). The molecule has 2 aromatic carbocycles. The summed E-state index contributed by atoms with van der Waals surface area (Å²) in [7, 11) is 1.58. The maximum atomic E-state index is 13.1. The number of carbonyl (C=O) groups excluding carboxylic acids is 1. The van der Waals surface area contributed by atoms with Gasteiger partial charge in [-0.25, -0.2) is 4.98 Å². The number of methoxy groups -OCH3 is 1. The summed E-state index contributed by atoms with van der Waals surface area (Å²) in [5, 5.41) is 5.28. The first-order chi connectivity index (χ1) is 14.6. The van der Waals surface area contributed by atoms with Gasteiger partial charge in [0.05, 0.1) is 18.8 Å². The van der Waals surface area contributed by atoms with E-state index in [0.717, 1.165) is 17.5 Å². The van der Waals surface area contributed by atoms with E-state index in [1.165, 1.54) is 27.8 Å². The first-order valence-corrected chi connectivity index (χ1v) is 10.5. The lowest BCUT2D eigenvalue weighted by Crippen LogP contribution is -2.27. The Kier molecular flexibility index (Phi) is 5.63. The summed E-state index contributed by atoms with van der Waals surface area (Å²) in [4.78, 5) is 30.6. The van der Waals surface area contributed by atoms with Gasteiger partial charge in [-0.15, -0.1) is 11.3 Å². The van der Waals surface area contributed by atoms with Crippen LogP contribution in [0.25, 0.3) is 21.3 Å². The number of thiophene rings is 1. The third-order valence-corrected chi connectivity index (χ3v) is 5.81. The molecular formula is C23H21N3O3S. The zero-order valence-electron chi connectivity index (χ0n) is 16.7. The zero-order valence-corrected chi connectivity index (χ0v) is 17.5. The standard InChI is InChI=1S/C23H21N3O3S/c1-3-15-4-6-16(7-5-15)19-13-30-22-21(19)23(28)26(14-24-22)12-20(27)25-17-8-10-18(29-2)11-9-17/h4-11,13-14H,3,12H2,1-2H3,(H,25,27). The van der Waals surface area contributed by atoms with Crippen molar-refractivity contribution < 1.29 is 9.53 Å². The number of aromatic nitrogens is 2. The van der Waals surface area contributed by atoms with Gasteiger partial charge in [-0.05, 0) is 41.8 Å². The number of amides is 1. The molecular weight excluding hydrogens is 398 g/mol. The molecule has 0 saturated carbocycles. The second-order valence-corrected chi connectivity index (χ2v) is 7.69. The number of benzene rings is 2. The van der Waals surface area contributed by atoms with Crippen LogP contribution in [0.4, 0.5) is 5.69 Å². The molecule has 0 radical (unpaired) electrons. The predicted molar refractivity (Wildman–Crippen MR) is 120 cm³/mol. The fourth-order valence-electron chi connectivity index (χ4n) is 3.24. The molecule has 0 unspecified atom stereocenters. The normalized spacial score (nSPS) is 10.9. The van der Waals surface area contributed by atoms with Gasteiger partial charge < -0.3 is 10.1 Å². The summed E-state index contributed by atoms with van der Waals surface area (Å²) < 4.78 is 6.46. The summed E-state index contributed by atoms with van der Waals surface area (Å²) >= 11 is 1.43. The van der Waals surface area contributed by atoms with E-state index in [1.807, 2.05) is 17.5 Å². The molecule has 0 bridgehead atoms. The Morgan fingerprint density at radius 1 is 1.13 bits per heavy atom. The van der Waals surface area contributed by atoms with Crippen LogP contribution in [0.5, 0.6) is 5.75 Å². The van der Waals surface area contributed by atoms with E-state index < -0.39 is 0 Å². The molecule has 0 aliphatic carbocycles. The third-order valence-electron chi connectivity index (χ3n) is 4.92. The maximum Gasteiger partial charge on any atom is 0.263 e. The van der Waals surface area contributed by atoms with E-state index in [1.54, 1.807) is 31.4 Å². The van der Waals surface area contributed by atoms with Gasteiger partial charge in [0.15, 0.2) is 0 Å². The highest BCUT2D eigenvalue weighted by molar-refractivity contribution is 7.17. The fourth-order valence-corrected chi connectivity index (χ4v) is 4.15. The SMILES string of the molecule is CCc1ccc(-c2csc3ncn(CC(=O)Nc4ccc(OC)cc4)c(=O)c23)cc1. The second-order valence-electron chi connectivity index (χ2n) is 6.83. The fraction of sp³-hybridized carbons (Fsp3) is 0.174. The largest absolute Gasteiger partial charge is 0.497 e. The molecule has 1 amide bonds. The van der Waals surface area contributed by atoms with Crippen molar-refractivity contribution in [1.82, 2.24) is 9.55 Å². The molecule has 2 aromatic heterocycles. The highest BCUT2D eigenvalue weighted by atomic mass is 32.1. The Balaban J connectivity index is 1.60. The summed E-state index contributed by atoms with van der Waals surface area (Å²) in [5.74, 6) is 0.406. The van der Waals surface area contributed by atoms with Gasteiger partial charge in [0.1, 0.15) is 17.1 Å². The van der Waals surface area contributed by atoms with Gasteiger partial charge in [0, 0.05) is 16.6 Å². The van der Waals surface area contributed by atoms with Gasteiger partial charge in [-0.2, -0.15) is 0 Å². The first kappa shape index (κ1) is 19.8. The Morgan fingerprint density at radius 2 is 1.87 bits per heavy atom. The number of nitrogens with zero attached hydrogens (tertiary/aromatic N) is 2. The number of nitrogens with one attached hydrogen (secondary N) is 1. The molecule has 2 heterocycles. The van der Waals surface area contributed by atoms with Crippen LogP contribution in [0, 0.1) is 0 Å². The monoisotopic (exact) mass is 419 g/mol. The zero-order chi connectivity index (χ0) is 21.1. The van der Waals surface area contributed by atoms with Crippen LogP contribution in [-0.4, -0.2) is 22.6 Å². The van der Waals surface area contributed by atoms with Crippen molar-refractivity contribution in [3.8, 4) is 16.9 Å². The van der Waals surface area contributed by atoms with E-state index in [0.29, 0.717) is 21.7 Å². The number of fused-ring (bicyclic) bond motifs is 1. The molecule has 0 atom stereocenters. The number of rotatable bonds is 6. The van der Waals surface area contributed by atoms with Crippen molar-refractivity contribution in [2.24, 2.45) is 0 Å². The van der Waals surface area contributed by atoms with Crippen molar-refractivity contribution in [3.63, 3.8) is 0 Å². The number of hydrogen-bond acceptors (Lipinski definition) is 5. The van der Waals surface area contributed by atoms with Crippen LogP contribution < -0.4 is 15.6 Å². The third kappa shape index (κ3) is 3.97. The van der Waals surface area contributed by atoms with Crippen molar-refractivity contribution in [2.45, 2.75) is 19.9 Å². The van der Waals surface area contributed by atoms with Crippen LogP contribution in [-0.2, 0) is 17.8 Å². The van der Waals surface area contributed by atoms with Gasteiger partial charge in [0.2, 0.25) is 5.91 Å². The molecule has 1 N–H and O–H groups in total. The minimum Gasteiger partial charge on any atom is -0.497 e. The van der Waals surface area contributed by atoms with Crippen LogP contribution in [0.3, 0.4) is 0 Å². The Bertz CT molecular complexity index is 1240. The molecule has 0 spiro atoms. The van der Waals surface area contributed by atoms with E-state index in [4.69, 9.17) is 4.74 Å². The second kappa shape index (κ2) is 8.51. The topological polar surface area (TPSA) is 73.2 Å². The number of aryl methyl sites for hydroxylation is 1. The summed E-state index contributed by atoms with van der Waals surface area (Å²) in [6.45, 7) is 1.99. The molecule has 0 aliphatic heterocycles. The van der Waals surface area contributed by atoms with E-state index in [2.05, 4.69) is 29.4 Å². The Morgan fingerprint density at radius 3 is 2.53 bits per heavy atom. The summed E-state index contributed by atoms with van der Waals surface area (Å²) in [6, 6.07) is 15.2. The van der Waals surface area contributed by atoms with Gasteiger partial charge in [-0.1, -0.05) is 31.2 Å². The molecule has 0 aliphatic rings. The van der Waals surface area contributed by atoms with E-state index in [9.17, 15) is 9.59 Å². The minimum absolute atomic E-state index is 0.113. The summed E-state index contributed by atoms with van der Waals surface area (Å²) in [5.41, 5.74) is 3.47. The number of carbonyl (C=O) groups is 1. The minimum atomic E-state index is -0.299. The molecule has 0 fully saturated rings. The van der Waals surface area contributed by atoms with Crippen molar-refractivity contribution in [1.29, 1.82) is 0 Å². The summed E-state index contributed by atoms with van der Waals surface area (Å²) in [6.07, 6.45) is 2.39. The average molecular weight is 420 g/mol. The Hall–Kier alpha value is -3.45. The van der Waals surface area contributed by atoms with Crippen LogP contribution in [0.15, 0.2) is 65.0 Å². The van der Waals surface area contributed by atoms with E-state index >= 15 is 0 Å². The van der Waals surface area contributed by atoms with Crippen molar-refractivity contribution in [2.75, 3.05) is 12.4 Å². The number of hydrogen-bond donors (Lipinski definition) is 1. The number of anilines is 1.